The summed E-state index contributed by atoms with van der Waals surface area (Å²) < 4.78 is 16.6. The molecule has 1 aliphatic rings. The van der Waals surface area contributed by atoms with Gasteiger partial charge < -0.3 is 18.8 Å². The van der Waals surface area contributed by atoms with Crippen LogP contribution in [0.15, 0.2) is 63.3 Å². The maximum Gasteiger partial charge on any atom is 0.334 e. The number of esters is 1. The molecule has 0 amide bonds. The van der Waals surface area contributed by atoms with Crippen LogP contribution in [0.1, 0.15) is 18.9 Å². The van der Waals surface area contributed by atoms with E-state index in [1.54, 1.807) is 38.3 Å². The zero-order valence-corrected chi connectivity index (χ0v) is 16.3. The molecular formula is C23H21NO5. The van der Waals surface area contributed by atoms with E-state index in [9.17, 15) is 9.59 Å². The summed E-state index contributed by atoms with van der Waals surface area (Å²) in [5.41, 5.74) is 1.96. The average molecular weight is 391 g/mol. The lowest BCUT2D eigenvalue weighted by atomic mass is 10.1. The quantitative estimate of drug-likeness (QED) is 0.618. The molecule has 0 atom stereocenters. The van der Waals surface area contributed by atoms with Crippen molar-refractivity contribution >= 4 is 34.6 Å². The third-order valence-electron chi connectivity index (χ3n) is 4.90. The van der Waals surface area contributed by atoms with E-state index in [4.69, 9.17) is 13.9 Å². The first-order valence-electron chi connectivity index (χ1n) is 9.47. The molecule has 6 nitrogen and oxygen atoms in total. The van der Waals surface area contributed by atoms with E-state index in [0.717, 1.165) is 11.4 Å². The number of carbonyl (C=O) groups is 1. The molecule has 0 spiro atoms. The standard InChI is InChI=1S/C23H21NO5/c1-3-28-23(26)15-12-13-24(16-8-10-17(27-2)11-9-16)22-19(14-15)21(25)18-6-4-5-7-20(18)29-22/h4-11,14H,3,12-13H2,1-2H3. The normalized spacial score (nSPS) is 13.4. The topological polar surface area (TPSA) is 69.0 Å². The lowest BCUT2D eigenvalue weighted by molar-refractivity contribution is -0.138. The minimum Gasteiger partial charge on any atom is -0.497 e. The molecule has 0 radical (unpaired) electrons. The van der Waals surface area contributed by atoms with E-state index in [0.29, 0.717) is 41.0 Å². The fraction of sp³-hybridized carbons (Fsp3) is 0.217. The number of benzene rings is 2. The Bertz CT molecular complexity index is 1140. The van der Waals surface area contributed by atoms with Crippen molar-refractivity contribution in [3.8, 4) is 5.75 Å². The molecule has 0 saturated carbocycles. The minimum absolute atomic E-state index is 0.177. The van der Waals surface area contributed by atoms with E-state index < -0.39 is 5.97 Å². The molecule has 0 aliphatic carbocycles. The number of ether oxygens (including phenoxy) is 2. The smallest absolute Gasteiger partial charge is 0.334 e. The lowest BCUT2D eigenvalue weighted by Crippen LogP contribution is -2.21. The predicted molar refractivity (Wildman–Crippen MR) is 112 cm³/mol. The molecule has 0 unspecified atom stereocenters. The Morgan fingerprint density at radius 3 is 2.62 bits per heavy atom. The van der Waals surface area contributed by atoms with Crippen molar-refractivity contribution in [2.45, 2.75) is 13.3 Å². The van der Waals surface area contributed by atoms with Crippen LogP contribution in [0, 0.1) is 0 Å². The van der Waals surface area contributed by atoms with Crippen molar-refractivity contribution in [2.24, 2.45) is 0 Å². The van der Waals surface area contributed by atoms with Crippen LogP contribution in [0.3, 0.4) is 0 Å². The summed E-state index contributed by atoms with van der Waals surface area (Å²) in [7, 11) is 1.61. The molecule has 2 aromatic carbocycles. The molecular weight excluding hydrogens is 370 g/mol. The van der Waals surface area contributed by atoms with E-state index in [1.807, 2.05) is 35.2 Å². The summed E-state index contributed by atoms with van der Waals surface area (Å²) in [6, 6.07) is 14.6. The average Bonchev–Trinajstić information content (AvgIpc) is 2.94. The van der Waals surface area contributed by atoms with E-state index in [2.05, 4.69) is 0 Å². The van der Waals surface area contributed by atoms with Crippen molar-refractivity contribution in [3.63, 3.8) is 0 Å². The molecule has 0 fully saturated rings. The third kappa shape index (κ3) is 3.49. The largest absolute Gasteiger partial charge is 0.497 e. The number of nitrogens with zero attached hydrogens (tertiary/aromatic N) is 1. The third-order valence-corrected chi connectivity index (χ3v) is 4.90. The molecule has 0 bridgehead atoms. The van der Waals surface area contributed by atoms with Gasteiger partial charge in [0, 0.05) is 17.8 Å². The van der Waals surface area contributed by atoms with Gasteiger partial charge in [0.25, 0.3) is 0 Å². The number of carbonyl (C=O) groups excluding carboxylic acids is 1. The maximum atomic E-state index is 13.2. The molecule has 148 valence electrons. The van der Waals surface area contributed by atoms with Crippen LogP contribution >= 0.6 is 0 Å². The molecule has 0 N–H and O–H groups in total. The molecule has 6 heteroatoms. The summed E-state index contributed by atoms with van der Waals surface area (Å²) in [5.74, 6) is 0.731. The number of fused-ring (bicyclic) bond motifs is 2. The molecule has 1 aliphatic heterocycles. The van der Waals surface area contributed by atoms with E-state index in [-0.39, 0.29) is 12.0 Å². The van der Waals surface area contributed by atoms with Gasteiger partial charge in [0.2, 0.25) is 11.3 Å². The second-order valence-electron chi connectivity index (χ2n) is 6.64. The van der Waals surface area contributed by atoms with Gasteiger partial charge in [0.05, 0.1) is 24.7 Å². The number of hydrogen-bond donors (Lipinski definition) is 0. The molecule has 29 heavy (non-hydrogen) atoms. The number of rotatable bonds is 4. The number of para-hydroxylation sites is 1. The summed E-state index contributed by atoms with van der Waals surface area (Å²) >= 11 is 0. The van der Waals surface area contributed by atoms with Crippen LogP contribution in [0.5, 0.6) is 5.75 Å². The van der Waals surface area contributed by atoms with Gasteiger partial charge in [-0.1, -0.05) is 12.1 Å². The van der Waals surface area contributed by atoms with Crippen LogP contribution in [0.25, 0.3) is 17.0 Å². The van der Waals surface area contributed by atoms with E-state index in [1.165, 1.54) is 0 Å². The fourth-order valence-corrected chi connectivity index (χ4v) is 3.45. The highest BCUT2D eigenvalue weighted by atomic mass is 16.5. The van der Waals surface area contributed by atoms with Crippen LogP contribution in [0.2, 0.25) is 0 Å². The van der Waals surface area contributed by atoms with Gasteiger partial charge in [-0.3, -0.25) is 4.79 Å². The first kappa shape index (κ1) is 18.8. The number of anilines is 2. The SMILES string of the molecule is CCOC(=O)C1=Cc2c(oc3ccccc3c2=O)N(c2ccc(OC)cc2)CC1. The van der Waals surface area contributed by atoms with Gasteiger partial charge in [-0.25, -0.2) is 4.79 Å². The van der Waals surface area contributed by atoms with Gasteiger partial charge in [0.1, 0.15) is 11.3 Å². The Hall–Kier alpha value is -3.54. The Balaban J connectivity index is 1.91. The van der Waals surface area contributed by atoms with Crippen molar-refractivity contribution in [2.75, 3.05) is 25.2 Å². The summed E-state index contributed by atoms with van der Waals surface area (Å²) in [4.78, 5) is 27.5. The summed E-state index contributed by atoms with van der Waals surface area (Å²) in [6.45, 7) is 2.50. The lowest BCUT2D eigenvalue weighted by Gasteiger charge is -2.23. The predicted octanol–water partition coefficient (Wildman–Crippen LogP) is 4.29. The summed E-state index contributed by atoms with van der Waals surface area (Å²) in [5, 5.41) is 0.474. The highest BCUT2D eigenvalue weighted by Crippen LogP contribution is 2.35. The highest BCUT2D eigenvalue weighted by Gasteiger charge is 2.26. The minimum atomic E-state index is -0.414. The maximum absolute atomic E-state index is 13.2. The van der Waals surface area contributed by atoms with Gasteiger partial charge in [-0.05, 0) is 55.8 Å². The monoisotopic (exact) mass is 391 g/mol. The highest BCUT2D eigenvalue weighted by molar-refractivity contribution is 5.96. The van der Waals surface area contributed by atoms with Crippen LogP contribution < -0.4 is 15.1 Å². The van der Waals surface area contributed by atoms with Crippen LogP contribution in [0.4, 0.5) is 11.6 Å². The van der Waals surface area contributed by atoms with Crippen molar-refractivity contribution in [3.05, 3.63) is 69.9 Å². The van der Waals surface area contributed by atoms with Gasteiger partial charge in [-0.15, -0.1) is 0 Å². The molecule has 3 aromatic rings. The Morgan fingerprint density at radius 1 is 1.14 bits per heavy atom. The van der Waals surface area contributed by atoms with Crippen molar-refractivity contribution in [1.29, 1.82) is 0 Å². The zero-order chi connectivity index (χ0) is 20.4. The van der Waals surface area contributed by atoms with Gasteiger partial charge >= 0.3 is 5.97 Å². The number of hydrogen-bond acceptors (Lipinski definition) is 6. The van der Waals surface area contributed by atoms with Crippen molar-refractivity contribution < 1.29 is 18.7 Å². The Kier molecular flexibility index (Phi) is 5.08. The zero-order valence-electron chi connectivity index (χ0n) is 16.3. The van der Waals surface area contributed by atoms with E-state index >= 15 is 0 Å². The van der Waals surface area contributed by atoms with Gasteiger partial charge in [0.15, 0.2) is 0 Å². The number of methoxy groups -OCH3 is 1. The molecule has 1 aromatic heterocycles. The second kappa shape index (κ2) is 7.83. The second-order valence-corrected chi connectivity index (χ2v) is 6.64. The molecule has 4 rings (SSSR count). The Morgan fingerprint density at radius 2 is 1.90 bits per heavy atom. The van der Waals surface area contributed by atoms with Crippen LogP contribution in [-0.2, 0) is 9.53 Å². The van der Waals surface area contributed by atoms with Crippen LogP contribution in [-0.4, -0.2) is 26.2 Å². The Labute approximate surface area is 168 Å². The van der Waals surface area contributed by atoms with Crippen molar-refractivity contribution in [1.82, 2.24) is 0 Å². The first-order valence-corrected chi connectivity index (χ1v) is 9.47. The molecule has 0 saturated heterocycles. The summed E-state index contributed by atoms with van der Waals surface area (Å²) in [6.07, 6.45) is 2.03. The first-order chi connectivity index (χ1) is 14.1. The molecule has 2 heterocycles. The van der Waals surface area contributed by atoms with Gasteiger partial charge in [-0.2, -0.15) is 0 Å². The fourth-order valence-electron chi connectivity index (χ4n) is 3.45.